The maximum Gasteiger partial charge on any atom is 0.0777 e. The quantitative estimate of drug-likeness (QED) is 0.514. The molecule has 2 atom stereocenters. The highest BCUT2D eigenvalue weighted by atomic mass is 16.4. The predicted octanol–water partition coefficient (Wildman–Crippen LogP) is -1.49. The lowest BCUT2D eigenvalue weighted by atomic mass is 9.99. The number of carboxylic acid groups (broad SMARTS) is 1. The molecule has 0 fully saturated rings. The van der Waals surface area contributed by atoms with Gasteiger partial charge in [0.15, 0.2) is 0 Å². The number of aliphatic carboxylic acids is 1. The zero-order valence-electron chi connectivity index (χ0n) is 6.49. The Labute approximate surface area is 65.5 Å². The van der Waals surface area contributed by atoms with Gasteiger partial charge in [-0.2, -0.15) is 0 Å². The molecule has 0 radical (unpaired) electrons. The van der Waals surface area contributed by atoms with Gasteiger partial charge in [-0.05, 0) is 12.8 Å². The van der Waals surface area contributed by atoms with Gasteiger partial charge in [0.25, 0.3) is 0 Å². The van der Waals surface area contributed by atoms with E-state index in [1.165, 1.54) is 0 Å². The predicted molar refractivity (Wildman–Crippen MR) is 36.5 cm³/mol. The minimum Gasteiger partial charge on any atom is -0.550 e. The SMILES string of the molecule is CCC(CC(O)CO)C(=O)[O-]. The average Bonchev–Trinajstić information content (AvgIpc) is 1.99. The van der Waals surface area contributed by atoms with Crippen molar-refractivity contribution in [2.45, 2.75) is 25.9 Å². The van der Waals surface area contributed by atoms with E-state index in [4.69, 9.17) is 10.2 Å². The summed E-state index contributed by atoms with van der Waals surface area (Å²) < 4.78 is 0. The summed E-state index contributed by atoms with van der Waals surface area (Å²) in [4.78, 5) is 10.3. The molecular formula is C7H13O4-. The van der Waals surface area contributed by atoms with Gasteiger partial charge in [0.2, 0.25) is 0 Å². The Bertz CT molecular complexity index is 124. The first kappa shape index (κ1) is 10.4. The van der Waals surface area contributed by atoms with Crippen LogP contribution < -0.4 is 5.11 Å². The zero-order chi connectivity index (χ0) is 8.85. The van der Waals surface area contributed by atoms with Crippen LogP contribution in [0.1, 0.15) is 19.8 Å². The molecule has 0 bridgehead atoms. The van der Waals surface area contributed by atoms with Gasteiger partial charge in [0, 0.05) is 11.9 Å². The molecule has 11 heavy (non-hydrogen) atoms. The number of rotatable bonds is 5. The maximum atomic E-state index is 10.3. The highest BCUT2D eigenvalue weighted by Crippen LogP contribution is 2.09. The van der Waals surface area contributed by atoms with E-state index in [9.17, 15) is 9.90 Å². The normalized spacial score (nSPS) is 15.9. The molecule has 0 aliphatic rings. The van der Waals surface area contributed by atoms with Gasteiger partial charge >= 0.3 is 0 Å². The molecule has 0 aliphatic heterocycles. The van der Waals surface area contributed by atoms with Crippen LogP contribution in [0.4, 0.5) is 0 Å². The molecule has 4 nitrogen and oxygen atoms in total. The summed E-state index contributed by atoms with van der Waals surface area (Å²) in [6.45, 7) is 1.30. The third-order valence-corrected chi connectivity index (χ3v) is 1.59. The van der Waals surface area contributed by atoms with Crippen molar-refractivity contribution in [1.29, 1.82) is 0 Å². The van der Waals surface area contributed by atoms with E-state index in [1.807, 2.05) is 0 Å². The van der Waals surface area contributed by atoms with Gasteiger partial charge in [0.1, 0.15) is 0 Å². The van der Waals surface area contributed by atoms with Crippen LogP contribution in [0.2, 0.25) is 0 Å². The summed E-state index contributed by atoms with van der Waals surface area (Å²) in [7, 11) is 0. The summed E-state index contributed by atoms with van der Waals surface area (Å²) in [5, 5.41) is 27.5. The summed E-state index contributed by atoms with van der Waals surface area (Å²) in [5.74, 6) is -1.82. The number of hydrogen-bond acceptors (Lipinski definition) is 4. The molecule has 0 saturated heterocycles. The molecule has 0 aromatic rings. The van der Waals surface area contributed by atoms with Gasteiger partial charge in [-0.3, -0.25) is 0 Å². The summed E-state index contributed by atoms with van der Waals surface area (Å²) in [6.07, 6.45) is -0.466. The lowest BCUT2D eigenvalue weighted by molar-refractivity contribution is -0.312. The number of carbonyl (C=O) groups is 1. The third-order valence-electron chi connectivity index (χ3n) is 1.59. The van der Waals surface area contributed by atoms with Crippen molar-refractivity contribution < 1.29 is 20.1 Å². The van der Waals surface area contributed by atoms with Crippen molar-refractivity contribution in [3.8, 4) is 0 Å². The van der Waals surface area contributed by atoms with Crippen molar-refractivity contribution >= 4 is 5.97 Å². The molecule has 0 spiro atoms. The van der Waals surface area contributed by atoms with Crippen LogP contribution in [0.5, 0.6) is 0 Å². The fraction of sp³-hybridized carbons (Fsp3) is 0.857. The number of hydrogen-bond donors (Lipinski definition) is 2. The highest BCUT2D eigenvalue weighted by molar-refractivity contribution is 5.67. The summed E-state index contributed by atoms with van der Waals surface area (Å²) >= 11 is 0. The molecule has 2 N–H and O–H groups in total. The molecule has 4 heteroatoms. The van der Waals surface area contributed by atoms with Crippen molar-refractivity contribution in [3.05, 3.63) is 0 Å². The van der Waals surface area contributed by atoms with Gasteiger partial charge < -0.3 is 20.1 Å². The van der Waals surface area contributed by atoms with Crippen LogP contribution >= 0.6 is 0 Å². The smallest absolute Gasteiger partial charge is 0.0777 e. The van der Waals surface area contributed by atoms with E-state index >= 15 is 0 Å². The Hall–Kier alpha value is -0.610. The molecule has 0 saturated carbocycles. The Morgan fingerprint density at radius 2 is 2.18 bits per heavy atom. The Kier molecular flexibility index (Phi) is 4.81. The van der Waals surface area contributed by atoms with Crippen LogP contribution in [0.25, 0.3) is 0 Å². The third kappa shape index (κ3) is 3.95. The monoisotopic (exact) mass is 161 g/mol. The topological polar surface area (TPSA) is 80.6 Å². The largest absolute Gasteiger partial charge is 0.550 e. The fourth-order valence-electron chi connectivity index (χ4n) is 0.833. The zero-order valence-corrected chi connectivity index (χ0v) is 6.49. The number of aliphatic hydroxyl groups excluding tert-OH is 2. The first-order chi connectivity index (χ1) is 5.11. The van der Waals surface area contributed by atoms with Crippen molar-refractivity contribution in [2.75, 3.05) is 6.61 Å². The average molecular weight is 161 g/mol. The van der Waals surface area contributed by atoms with E-state index in [0.717, 1.165) is 0 Å². The molecule has 0 rings (SSSR count). The molecule has 2 unspecified atom stereocenters. The number of carboxylic acids is 1. The first-order valence-corrected chi connectivity index (χ1v) is 3.61. The first-order valence-electron chi connectivity index (χ1n) is 3.61. The van der Waals surface area contributed by atoms with E-state index in [2.05, 4.69) is 0 Å². The second-order valence-corrected chi connectivity index (χ2v) is 2.50. The van der Waals surface area contributed by atoms with Crippen LogP contribution in [0.3, 0.4) is 0 Å². The summed E-state index contributed by atoms with van der Waals surface area (Å²) in [6, 6.07) is 0. The minimum atomic E-state index is -1.17. The molecule has 0 amide bonds. The van der Waals surface area contributed by atoms with Gasteiger partial charge in [0.05, 0.1) is 12.7 Å². The molecule has 66 valence electrons. The van der Waals surface area contributed by atoms with Crippen molar-refractivity contribution in [3.63, 3.8) is 0 Å². The number of aliphatic hydroxyl groups is 2. The van der Waals surface area contributed by atoms with Crippen LogP contribution in [-0.2, 0) is 4.79 Å². The van der Waals surface area contributed by atoms with Crippen molar-refractivity contribution in [2.24, 2.45) is 5.92 Å². The van der Waals surface area contributed by atoms with Gasteiger partial charge in [-0.1, -0.05) is 6.92 Å². The van der Waals surface area contributed by atoms with Crippen LogP contribution in [-0.4, -0.2) is 28.9 Å². The maximum absolute atomic E-state index is 10.3. The van der Waals surface area contributed by atoms with Crippen LogP contribution in [0.15, 0.2) is 0 Å². The lowest BCUT2D eigenvalue weighted by Gasteiger charge is -2.17. The molecule has 0 aromatic carbocycles. The molecule has 0 aromatic heterocycles. The fourth-order valence-corrected chi connectivity index (χ4v) is 0.833. The van der Waals surface area contributed by atoms with E-state index in [-0.39, 0.29) is 6.42 Å². The second-order valence-electron chi connectivity index (χ2n) is 2.50. The summed E-state index contributed by atoms with van der Waals surface area (Å²) in [5.41, 5.74) is 0. The Morgan fingerprint density at radius 1 is 1.64 bits per heavy atom. The van der Waals surface area contributed by atoms with Crippen LogP contribution in [0, 0.1) is 5.92 Å². The van der Waals surface area contributed by atoms with Gasteiger partial charge in [-0.15, -0.1) is 0 Å². The second kappa shape index (κ2) is 5.09. The molecule has 0 aliphatic carbocycles. The Balaban J connectivity index is 3.77. The van der Waals surface area contributed by atoms with Gasteiger partial charge in [-0.25, -0.2) is 0 Å². The van der Waals surface area contributed by atoms with E-state index in [0.29, 0.717) is 6.42 Å². The molecular weight excluding hydrogens is 148 g/mol. The Morgan fingerprint density at radius 3 is 2.45 bits per heavy atom. The molecule has 0 heterocycles. The lowest BCUT2D eigenvalue weighted by Crippen LogP contribution is -2.33. The number of carbonyl (C=O) groups excluding carboxylic acids is 1. The van der Waals surface area contributed by atoms with E-state index < -0.39 is 24.6 Å². The standard InChI is InChI=1S/C7H14O4/c1-2-5(7(10)11)3-6(9)4-8/h5-6,8-9H,2-4H2,1H3,(H,10,11)/p-1. The van der Waals surface area contributed by atoms with E-state index in [1.54, 1.807) is 6.92 Å². The van der Waals surface area contributed by atoms with Crippen molar-refractivity contribution in [1.82, 2.24) is 0 Å². The minimum absolute atomic E-state index is 0.0648. The highest BCUT2D eigenvalue weighted by Gasteiger charge is 2.12.